The molecule has 0 spiro atoms. The van der Waals surface area contributed by atoms with Crippen LogP contribution < -0.4 is 15.9 Å². The van der Waals surface area contributed by atoms with Crippen molar-refractivity contribution in [2.75, 3.05) is 0 Å². The van der Waals surface area contributed by atoms with Gasteiger partial charge < -0.3 is 0 Å². The summed E-state index contributed by atoms with van der Waals surface area (Å²) >= 11 is 0. The first-order valence-electron chi connectivity index (χ1n) is 4.88. The molecule has 0 unspecified atom stereocenters. The predicted octanol–water partition coefficient (Wildman–Crippen LogP) is 0.675. The standard InChI is InChI=1S/C13H9N2/c1-2-6-11-10(4-1)5-3-7-13-12(11)8-9-14-15-13/h1-9H. The summed E-state index contributed by atoms with van der Waals surface area (Å²) in [6.45, 7) is 0. The minimum Gasteiger partial charge on any atom is -0.159 e. The van der Waals surface area contributed by atoms with Gasteiger partial charge in [-0.15, -0.1) is 0 Å². The van der Waals surface area contributed by atoms with Gasteiger partial charge in [0.25, 0.3) is 0 Å². The molecule has 1 aromatic carbocycles. The van der Waals surface area contributed by atoms with Crippen molar-refractivity contribution in [2.45, 2.75) is 0 Å². The first-order chi connectivity index (χ1) is 7.45. The van der Waals surface area contributed by atoms with E-state index >= 15 is 0 Å². The lowest BCUT2D eigenvalue weighted by atomic mass is 10.1. The molecule has 3 rings (SSSR count). The molecule has 0 amide bonds. The molecule has 0 atom stereocenters. The zero-order valence-corrected chi connectivity index (χ0v) is 8.09. The second kappa shape index (κ2) is 3.24. The molecule has 1 aromatic rings. The quantitative estimate of drug-likeness (QED) is 0.579. The van der Waals surface area contributed by atoms with Crippen molar-refractivity contribution in [1.29, 1.82) is 0 Å². The normalized spacial score (nSPS) is 16.8. The summed E-state index contributed by atoms with van der Waals surface area (Å²) in [5.41, 5.74) is 5.97. The van der Waals surface area contributed by atoms with E-state index in [-0.39, 0.29) is 0 Å². The molecule has 0 bridgehead atoms. The van der Waals surface area contributed by atoms with Gasteiger partial charge in [0.2, 0.25) is 0 Å². The molecule has 0 saturated carbocycles. The molecule has 1 aliphatic heterocycles. The number of benzene rings is 1. The Morgan fingerprint density at radius 1 is 1.00 bits per heavy atom. The molecule has 0 saturated heterocycles. The van der Waals surface area contributed by atoms with E-state index in [0.29, 0.717) is 0 Å². The van der Waals surface area contributed by atoms with Gasteiger partial charge in [0.15, 0.2) is 0 Å². The van der Waals surface area contributed by atoms with Gasteiger partial charge in [-0.3, -0.25) is 0 Å². The minimum atomic E-state index is 0.929. The lowest BCUT2D eigenvalue weighted by molar-refractivity contribution is 0.943. The van der Waals surface area contributed by atoms with E-state index in [9.17, 15) is 0 Å². The Kier molecular flexibility index (Phi) is 1.78. The summed E-state index contributed by atoms with van der Waals surface area (Å²) < 4.78 is 0. The first kappa shape index (κ1) is 8.24. The van der Waals surface area contributed by atoms with Crippen LogP contribution in [0, 0.1) is 0 Å². The van der Waals surface area contributed by atoms with E-state index in [1.165, 1.54) is 10.4 Å². The van der Waals surface area contributed by atoms with Crippen molar-refractivity contribution in [3.05, 3.63) is 59.1 Å². The van der Waals surface area contributed by atoms with E-state index in [0.717, 1.165) is 11.3 Å². The molecule has 1 radical (unpaired) electrons. The van der Waals surface area contributed by atoms with Gasteiger partial charge in [0.1, 0.15) is 0 Å². The molecule has 0 fully saturated rings. The van der Waals surface area contributed by atoms with E-state index in [1.807, 2.05) is 30.4 Å². The molecule has 15 heavy (non-hydrogen) atoms. The van der Waals surface area contributed by atoms with Crippen LogP contribution in [0.25, 0.3) is 11.6 Å². The van der Waals surface area contributed by atoms with Gasteiger partial charge >= 0.3 is 0 Å². The van der Waals surface area contributed by atoms with Crippen LogP contribution in [0.5, 0.6) is 0 Å². The fourth-order valence-electron chi connectivity index (χ4n) is 1.82. The van der Waals surface area contributed by atoms with Gasteiger partial charge in [-0.1, -0.05) is 36.4 Å². The van der Waals surface area contributed by atoms with Gasteiger partial charge in [-0.2, -0.15) is 10.5 Å². The van der Waals surface area contributed by atoms with E-state index < -0.39 is 0 Å². The maximum atomic E-state index is 4.12. The summed E-state index contributed by atoms with van der Waals surface area (Å²) in [6.07, 6.45) is 9.83. The maximum Gasteiger partial charge on any atom is 0.0935 e. The summed E-state index contributed by atoms with van der Waals surface area (Å²) in [4.78, 5) is 0. The Labute approximate surface area is 87.6 Å². The van der Waals surface area contributed by atoms with Crippen LogP contribution in [0.15, 0.2) is 53.8 Å². The average Bonchev–Trinajstić information content (AvgIpc) is 2.48. The highest BCUT2D eigenvalue weighted by Gasteiger charge is 2.07. The second-order valence-corrected chi connectivity index (χ2v) is 3.44. The van der Waals surface area contributed by atoms with Gasteiger partial charge in [-0.25, -0.2) is 0 Å². The topological polar surface area (TPSA) is 26.5 Å². The minimum absolute atomic E-state index is 0.929. The number of fused-ring (bicyclic) bond motifs is 2. The van der Waals surface area contributed by atoms with Crippen molar-refractivity contribution in [1.82, 2.24) is 5.43 Å². The SMILES string of the molecule is C1=CC2=N[N]C=CC2=c2ccccc2=C1. The third-order valence-corrected chi connectivity index (χ3v) is 2.53. The zero-order valence-electron chi connectivity index (χ0n) is 8.09. The van der Waals surface area contributed by atoms with Crippen LogP contribution in [0.3, 0.4) is 0 Å². The summed E-state index contributed by atoms with van der Waals surface area (Å²) in [7, 11) is 0. The highest BCUT2D eigenvalue weighted by molar-refractivity contribution is 6.28. The zero-order chi connectivity index (χ0) is 10.1. The van der Waals surface area contributed by atoms with Crippen LogP contribution in [0.2, 0.25) is 0 Å². The molecule has 0 N–H and O–H groups in total. The summed E-state index contributed by atoms with van der Waals surface area (Å²) in [6, 6.07) is 8.31. The van der Waals surface area contributed by atoms with Crippen molar-refractivity contribution in [3.8, 4) is 0 Å². The third kappa shape index (κ3) is 1.31. The number of rotatable bonds is 0. The monoisotopic (exact) mass is 193 g/mol. The Hall–Kier alpha value is -2.09. The summed E-state index contributed by atoms with van der Waals surface area (Å²) in [5, 5.41) is 6.56. The van der Waals surface area contributed by atoms with Crippen LogP contribution in [0.4, 0.5) is 0 Å². The van der Waals surface area contributed by atoms with E-state index in [1.54, 1.807) is 6.20 Å². The van der Waals surface area contributed by atoms with Crippen LogP contribution in [-0.2, 0) is 0 Å². The van der Waals surface area contributed by atoms with Crippen molar-refractivity contribution >= 4 is 17.4 Å². The number of hydrogen-bond acceptors (Lipinski definition) is 1. The maximum absolute atomic E-state index is 4.12. The van der Waals surface area contributed by atoms with Gasteiger partial charge in [-0.05, 0) is 22.6 Å². The van der Waals surface area contributed by atoms with E-state index in [2.05, 4.69) is 28.7 Å². The van der Waals surface area contributed by atoms with E-state index in [4.69, 9.17) is 0 Å². The Morgan fingerprint density at radius 2 is 1.93 bits per heavy atom. The number of hydrogen-bond donors (Lipinski definition) is 0. The first-order valence-corrected chi connectivity index (χ1v) is 4.88. The van der Waals surface area contributed by atoms with Gasteiger partial charge in [0.05, 0.1) is 11.9 Å². The Balaban J connectivity index is 2.47. The lowest BCUT2D eigenvalue weighted by Gasteiger charge is -2.05. The summed E-state index contributed by atoms with van der Waals surface area (Å²) in [5.74, 6) is 0. The molecule has 71 valence electrons. The second-order valence-electron chi connectivity index (χ2n) is 3.44. The van der Waals surface area contributed by atoms with Crippen LogP contribution in [0.1, 0.15) is 0 Å². The largest absolute Gasteiger partial charge is 0.159 e. The van der Waals surface area contributed by atoms with Crippen molar-refractivity contribution in [2.24, 2.45) is 5.10 Å². The molecule has 2 heteroatoms. The van der Waals surface area contributed by atoms with Crippen LogP contribution >= 0.6 is 0 Å². The molecular formula is C13H9N2. The van der Waals surface area contributed by atoms with Crippen LogP contribution in [-0.4, -0.2) is 5.71 Å². The molecule has 0 aromatic heterocycles. The Morgan fingerprint density at radius 3 is 2.93 bits per heavy atom. The van der Waals surface area contributed by atoms with Crippen molar-refractivity contribution in [3.63, 3.8) is 0 Å². The number of nitrogens with zero attached hydrogens (tertiary/aromatic N) is 2. The highest BCUT2D eigenvalue weighted by Crippen LogP contribution is 2.06. The van der Waals surface area contributed by atoms with Crippen molar-refractivity contribution < 1.29 is 0 Å². The Bertz CT molecular complexity index is 604. The highest BCUT2D eigenvalue weighted by atomic mass is 15.3. The molecule has 1 aliphatic carbocycles. The average molecular weight is 193 g/mol. The predicted molar refractivity (Wildman–Crippen MR) is 61.4 cm³/mol. The molecule has 1 heterocycles. The van der Waals surface area contributed by atoms with Gasteiger partial charge in [0, 0.05) is 5.57 Å². The fourth-order valence-corrected chi connectivity index (χ4v) is 1.82. The molecule has 2 aliphatic rings. The molecular weight excluding hydrogens is 184 g/mol. The fraction of sp³-hybridized carbons (Fsp3) is 0. The number of allylic oxidation sites excluding steroid dienone is 3. The third-order valence-electron chi connectivity index (χ3n) is 2.53. The molecule has 2 nitrogen and oxygen atoms in total. The smallest absolute Gasteiger partial charge is 0.0935 e. The lowest BCUT2D eigenvalue weighted by Crippen LogP contribution is -2.27.